The maximum absolute atomic E-state index is 6.12. The molecule has 3 N–H and O–H groups in total. The Labute approximate surface area is 123 Å². The highest BCUT2D eigenvalue weighted by molar-refractivity contribution is 9.10. The average Bonchev–Trinajstić information content (AvgIpc) is 3.00. The zero-order valence-electron chi connectivity index (χ0n) is 11.7. The molecule has 6 heteroatoms. The minimum absolute atomic E-state index is 0.0354. The Balaban J connectivity index is 2.39. The maximum Gasteiger partial charge on any atom is 0.0929 e. The first-order valence-corrected chi connectivity index (χ1v) is 7.79. The lowest BCUT2D eigenvalue weighted by molar-refractivity contribution is -0.0647. The van der Waals surface area contributed by atoms with Gasteiger partial charge in [0.2, 0.25) is 0 Å². The Kier molecular flexibility index (Phi) is 5.00. The van der Waals surface area contributed by atoms with Crippen LogP contribution in [0.5, 0.6) is 0 Å². The first-order valence-electron chi connectivity index (χ1n) is 6.99. The van der Waals surface area contributed by atoms with Crippen molar-refractivity contribution in [3.8, 4) is 0 Å². The van der Waals surface area contributed by atoms with Crippen molar-refractivity contribution in [2.75, 3.05) is 6.61 Å². The van der Waals surface area contributed by atoms with E-state index in [9.17, 15) is 0 Å². The second-order valence-corrected chi connectivity index (χ2v) is 5.85. The molecule has 108 valence electrons. The Morgan fingerprint density at radius 1 is 1.53 bits per heavy atom. The van der Waals surface area contributed by atoms with Crippen molar-refractivity contribution >= 4 is 15.9 Å². The zero-order chi connectivity index (χ0) is 13.9. The predicted molar refractivity (Wildman–Crippen MR) is 78.5 cm³/mol. The van der Waals surface area contributed by atoms with Gasteiger partial charge in [0.25, 0.3) is 0 Å². The van der Waals surface area contributed by atoms with Gasteiger partial charge in [-0.1, -0.05) is 12.8 Å². The van der Waals surface area contributed by atoms with Crippen molar-refractivity contribution in [3.05, 3.63) is 16.4 Å². The maximum atomic E-state index is 6.12. The third kappa shape index (κ3) is 2.72. The van der Waals surface area contributed by atoms with E-state index in [0.717, 1.165) is 29.6 Å². The van der Waals surface area contributed by atoms with E-state index in [1.165, 1.54) is 12.8 Å². The van der Waals surface area contributed by atoms with Gasteiger partial charge in [-0.25, -0.2) is 5.43 Å². The summed E-state index contributed by atoms with van der Waals surface area (Å²) < 4.78 is 9.09. The molecule has 0 spiro atoms. The summed E-state index contributed by atoms with van der Waals surface area (Å²) in [6.07, 6.45) is 6.29. The summed E-state index contributed by atoms with van der Waals surface area (Å²) in [7, 11) is 0. The fourth-order valence-electron chi connectivity index (χ4n) is 3.17. The summed E-state index contributed by atoms with van der Waals surface area (Å²) in [5, 5.41) is 4.38. The SMILES string of the molecule is CCOC1(C(NN)c2c(Br)cnn2CC)CCCC1. The van der Waals surface area contributed by atoms with Crippen molar-refractivity contribution in [1.82, 2.24) is 15.2 Å². The number of hydrazine groups is 1. The summed E-state index contributed by atoms with van der Waals surface area (Å²) in [4.78, 5) is 0. The lowest BCUT2D eigenvalue weighted by Gasteiger charge is -2.37. The minimum atomic E-state index is -0.209. The van der Waals surface area contributed by atoms with Crippen molar-refractivity contribution in [2.45, 2.75) is 57.7 Å². The fourth-order valence-corrected chi connectivity index (χ4v) is 3.69. The van der Waals surface area contributed by atoms with Gasteiger partial charge in [-0.15, -0.1) is 0 Å². The van der Waals surface area contributed by atoms with Crippen LogP contribution in [0.1, 0.15) is 51.3 Å². The van der Waals surface area contributed by atoms with E-state index in [2.05, 4.69) is 33.4 Å². The highest BCUT2D eigenvalue weighted by Gasteiger charge is 2.44. The highest BCUT2D eigenvalue weighted by Crippen LogP contribution is 2.44. The zero-order valence-corrected chi connectivity index (χ0v) is 13.2. The molecule has 1 unspecified atom stereocenters. The van der Waals surface area contributed by atoms with Crippen LogP contribution in [0, 0.1) is 0 Å². The van der Waals surface area contributed by atoms with Gasteiger partial charge in [-0.05, 0) is 42.6 Å². The molecular formula is C13H23BrN4O. The summed E-state index contributed by atoms with van der Waals surface area (Å²) in [5.41, 5.74) is 3.85. The van der Waals surface area contributed by atoms with Gasteiger partial charge in [-0.3, -0.25) is 10.5 Å². The molecule has 19 heavy (non-hydrogen) atoms. The summed E-state index contributed by atoms with van der Waals surface area (Å²) >= 11 is 3.59. The minimum Gasteiger partial charge on any atom is -0.373 e. The molecule has 1 aliphatic carbocycles. The molecular weight excluding hydrogens is 308 g/mol. The predicted octanol–water partition coefficient (Wildman–Crippen LogP) is 2.52. The Morgan fingerprint density at radius 3 is 2.74 bits per heavy atom. The molecule has 1 aliphatic rings. The van der Waals surface area contributed by atoms with E-state index >= 15 is 0 Å². The van der Waals surface area contributed by atoms with Gasteiger partial charge in [0, 0.05) is 13.2 Å². The van der Waals surface area contributed by atoms with Crippen LogP contribution in [0.2, 0.25) is 0 Å². The van der Waals surface area contributed by atoms with E-state index < -0.39 is 0 Å². The number of hydrogen-bond acceptors (Lipinski definition) is 4. The van der Waals surface area contributed by atoms with Crippen molar-refractivity contribution < 1.29 is 4.74 Å². The van der Waals surface area contributed by atoms with Gasteiger partial charge < -0.3 is 4.74 Å². The third-order valence-corrected chi connectivity index (χ3v) is 4.59. The summed E-state index contributed by atoms with van der Waals surface area (Å²) in [5.74, 6) is 5.86. The Hall–Kier alpha value is -0.430. The summed E-state index contributed by atoms with van der Waals surface area (Å²) in [6, 6.07) is -0.0354. The molecule has 0 saturated heterocycles. The van der Waals surface area contributed by atoms with Gasteiger partial charge in [-0.2, -0.15) is 5.10 Å². The number of rotatable bonds is 6. The second kappa shape index (κ2) is 6.35. The van der Waals surface area contributed by atoms with Crippen LogP contribution >= 0.6 is 15.9 Å². The second-order valence-electron chi connectivity index (χ2n) is 5.00. The number of aryl methyl sites for hydroxylation is 1. The molecule has 0 radical (unpaired) electrons. The third-order valence-electron chi connectivity index (χ3n) is 3.98. The molecule has 1 atom stereocenters. The van der Waals surface area contributed by atoms with E-state index in [-0.39, 0.29) is 11.6 Å². The van der Waals surface area contributed by atoms with Crippen molar-refractivity contribution in [3.63, 3.8) is 0 Å². The average molecular weight is 331 g/mol. The van der Waals surface area contributed by atoms with Crippen LogP contribution in [0.15, 0.2) is 10.7 Å². The number of halogens is 1. The van der Waals surface area contributed by atoms with E-state index in [1.807, 2.05) is 17.8 Å². The van der Waals surface area contributed by atoms with E-state index in [0.29, 0.717) is 6.61 Å². The van der Waals surface area contributed by atoms with Gasteiger partial charge >= 0.3 is 0 Å². The molecule has 1 heterocycles. The summed E-state index contributed by atoms with van der Waals surface area (Å²) in [6.45, 7) is 5.65. The molecule has 1 saturated carbocycles. The molecule has 0 amide bonds. The molecule has 0 aromatic carbocycles. The molecule has 1 fully saturated rings. The Bertz CT molecular complexity index is 415. The van der Waals surface area contributed by atoms with Crippen molar-refractivity contribution in [2.24, 2.45) is 5.84 Å². The topological polar surface area (TPSA) is 65.1 Å². The number of aromatic nitrogens is 2. The molecule has 2 rings (SSSR count). The fraction of sp³-hybridized carbons (Fsp3) is 0.769. The quantitative estimate of drug-likeness (QED) is 0.621. The lowest BCUT2D eigenvalue weighted by Crippen LogP contribution is -2.48. The molecule has 5 nitrogen and oxygen atoms in total. The van der Waals surface area contributed by atoms with Gasteiger partial charge in [0.1, 0.15) is 0 Å². The first kappa shape index (κ1) is 15.0. The number of nitrogens with zero attached hydrogens (tertiary/aromatic N) is 2. The molecule has 0 bridgehead atoms. The largest absolute Gasteiger partial charge is 0.373 e. The van der Waals surface area contributed by atoms with Crippen LogP contribution in [-0.2, 0) is 11.3 Å². The number of nitrogens with two attached hydrogens (primary N) is 1. The van der Waals surface area contributed by atoms with Gasteiger partial charge in [0.05, 0.1) is 28.0 Å². The van der Waals surface area contributed by atoms with Crippen LogP contribution in [0.3, 0.4) is 0 Å². The first-order chi connectivity index (χ1) is 9.18. The number of hydrogen-bond donors (Lipinski definition) is 2. The van der Waals surface area contributed by atoms with E-state index in [1.54, 1.807) is 0 Å². The molecule has 0 aliphatic heterocycles. The smallest absolute Gasteiger partial charge is 0.0929 e. The lowest BCUT2D eigenvalue weighted by atomic mass is 9.89. The highest BCUT2D eigenvalue weighted by atomic mass is 79.9. The monoisotopic (exact) mass is 330 g/mol. The van der Waals surface area contributed by atoms with Crippen LogP contribution in [0.4, 0.5) is 0 Å². The number of nitrogens with one attached hydrogen (secondary N) is 1. The number of ether oxygens (including phenoxy) is 1. The van der Waals surface area contributed by atoms with Gasteiger partial charge in [0.15, 0.2) is 0 Å². The van der Waals surface area contributed by atoms with Crippen LogP contribution in [0.25, 0.3) is 0 Å². The van der Waals surface area contributed by atoms with Crippen molar-refractivity contribution in [1.29, 1.82) is 0 Å². The molecule has 1 aromatic rings. The van der Waals surface area contributed by atoms with Crippen LogP contribution in [-0.4, -0.2) is 22.0 Å². The normalized spacial score (nSPS) is 19.8. The molecule has 1 aromatic heterocycles. The Morgan fingerprint density at radius 2 is 2.21 bits per heavy atom. The van der Waals surface area contributed by atoms with Crippen LogP contribution < -0.4 is 11.3 Å². The standard InChI is InChI=1S/C13H23BrN4O/c1-3-18-11(10(14)9-16-18)12(17-15)13(19-4-2)7-5-6-8-13/h9,12,17H,3-8,15H2,1-2H3. The van der Waals surface area contributed by atoms with E-state index in [4.69, 9.17) is 10.6 Å².